The molecule has 2 aromatic heterocycles. The van der Waals surface area contributed by atoms with Gasteiger partial charge in [-0.25, -0.2) is 9.37 Å². The fourth-order valence-electron chi connectivity index (χ4n) is 2.56. The molecule has 0 atom stereocenters. The fraction of sp³-hybridized carbons (Fsp3) is 0.222. The zero-order valence-corrected chi connectivity index (χ0v) is 13.5. The summed E-state index contributed by atoms with van der Waals surface area (Å²) in [6.07, 6.45) is 1.64. The van der Waals surface area contributed by atoms with Crippen LogP contribution in [0.4, 0.5) is 4.39 Å². The number of aryl methyl sites for hydroxylation is 1. The summed E-state index contributed by atoms with van der Waals surface area (Å²) in [6, 6.07) is 8.17. The van der Waals surface area contributed by atoms with Gasteiger partial charge < -0.3 is 15.0 Å². The molecule has 1 aromatic carbocycles. The zero-order chi connectivity index (χ0) is 17.1. The molecular formula is C18H18FN3O2. The van der Waals surface area contributed by atoms with Gasteiger partial charge in [-0.2, -0.15) is 0 Å². The fourth-order valence-corrected chi connectivity index (χ4v) is 2.56. The number of hydrogen-bond donors (Lipinski definition) is 2. The van der Waals surface area contributed by atoms with E-state index in [1.165, 1.54) is 12.1 Å². The first-order valence-corrected chi connectivity index (χ1v) is 7.71. The van der Waals surface area contributed by atoms with Gasteiger partial charge in [0.2, 0.25) is 5.88 Å². The van der Waals surface area contributed by atoms with Crippen LogP contribution in [0.5, 0.6) is 5.88 Å². The summed E-state index contributed by atoms with van der Waals surface area (Å²) in [4.78, 5) is 19.4. The van der Waals surface area contributed by atoms with E-state index >= 15 is 0 Å². The van der Waals surface area contributed by atoms with Crippen LogP contribution >= 0.6 is 0 Å². The highest BCUT2D eigenvalue weighted by Crippen LogP contribution is 2.21. The average Bonchev–Trinajstić information content (AvgIpc) is 2.98. The van der Waals surface area contributed by atoms with Crippen molar-refractivity contribution in [3.8, 4) is 5.88 Å². The van der Waals surface area contributed by atoms with Crippen LogP contribution in [-0.4, -0.2) is 22.5 Å². The second-order valence-corrected chi connectivity index (χ2v) is 5.48. The number of rotatable bonds is 5. The number of halogens is 1. The molecule has 3 aromatic rings. The molecule has 0 radical (unpaired) electrons. The number of benzene rings is 1. The summed E-state index contributed by atoms with van der Waals surface area (Å²) in [5.41, 5.74) is 2.69. The smallest absolute Gasteiger partial charge is 0.267 e. The van der Waals surface area contributed by atoms with Gasteiger partial charge in [0.05, 0.1) is 6.61 Å². The Morgan fingerprint density at radius 3 is 2.96 bits per heavy atom. The molecule has 124 valence electrons. The van der Waals surface area contributed by atoms with Crippen LogP contribution in [0.15, 0.2) is 36.5 Å². The summed E-state index contributed by atoms with van der Waals surface area (Å²) >= 11 is 0. The predicted molar refractivity (Wildman–Crippen MR) is 89.6 cm³/mol. The first kappa shape index (κ1) is 16.0. The number of amides is 1. The summed E-state index contributed by atoms with van der Waals surface area (Å²) in [5, 5.41) is 3.67. The van der Waals surface area contributed by atoms with E-state index in [4.69, 9.17) is 4.74 Å². The van der Waals surface area contributed by atoms with E-state index in [2.05, 4.69) is 15.3 Å². The number of aromatic nitrogens is 2. The number of nitrogens with zero attached hydrogens (tertiary/aromatic N) is 1. The monoisotopic (exact) mass is 327 g/mol. The molecule has 0 aliphatic rings. The third-order valence-corrected chi connectivity index (χ3v) is 3.70. The molecule has 2 heterocycles. The van der Waals surface area contributed by atoms with E-state index in [0.717, 1.165) is 16.5 Å². The Hall–Kier alpha value is -2.89. The lowest BCUT2D eigenvalue weighted by molar-refractivity contribution is 0.0946. The first-order chi connectivity index (χ1) is 11.6. The van der Waals surface area contributed by atoms with Crippen molar-refractivity contribution in [2.24, 2.45) is 0 Å². The van der Waals surface area contributed by atoms with Crippen molar-refractivity contribution in [1.29, 1.82) is 0 Å². The number of fused-ring (bicyclic) bond motifs is 1. The van der Waals surface area contributed by atoms with Crippen LogP contribution in [0.1, 0.15) is 28.5 Å². The third kappa shape index (κ3) is 3.37. The van der Waals surface area contributed by atoms with Crippen molar-refractivity contribution in [3.05, 3.63) is 59.2 Å². The van der Waals surface area contributed by atoms with Gasteiger partial charge in [-0.1, -0.05) is 0 Å². The highest BCUT2D eigenvalue weighted by molar-refractivity contribution is 5.98. The Bertz CT molecular complexity index is 889. The van der Waals surface area contributed by atoms with Crippen LogP contribution in [0.2, 0.25) is 0 Å². The molecule has 2 N–H and O–H groups in total. The van der Waals surface area contributed by atoms with Crippen molar-refractivity contribution >= 4 is 16.8 Å². The minimum absolute atomic E-state index is 0.249. The van der Waals surface area contributed by atoms with Gasteiger partial charge in [-0.3, -0.25) is 4.79 Å². The van der Waals surface area contributed by atoms with Gasteiger partial charge in [-0.05, 0) is 49.2 Å². The van der Waals surface area contributed by atoms with E-state index in [1.807, 2.05) is 19.9 Å². The molecule has 5 nitrogen and oxygen atoms in total. The van der Waals surface area contributed by atoms with E-state index in [1.54, 1.807) is 18.3 Å². The maximum atomic E-state index is 13.4. The lowest BCUT2D eigenvalue weighted by Crippen LogP contribution is -2.23. The minimum atomic E-state index is -0.325. The number of hydrogen-bond acceptors (Lipinski definition) is 3. The van der Waals surface area contributed by atoms with Gasteiger partial charge in [0.15, 0.2) is 0 Å². The molecule has 1 amide bonds. The molecule has 0 saturated heterocycles. The minimum Gasteiger partial charge on any atom is -0.478 e. The van der Waals surface area contributed by atoms with Crippen LogP contribution in [0.3, 0.4) is 0 Å². The predicted octanol–water partition coefficient (Wildman–Crippen LogP) is 3.34. The number of ether oxygens (including phenoxy) is 1. The lowest BCUT2D eigenvalue weighted by Gasteiger charge is -2.06. The van der Waals surface area contributed by atoms with Crippen LogP contribution in [-0.2, 0) is 6.54 Å². The lowest BCUT2D eigenvalue weighted by atomic mass is 10.1. The Labute approximate surface area is 138 Å². The van der Waals surface area contributed by atoms with Crippen molar-refractivity contribution in [2.75, 3.05) is 6.61 Å². The molecule has 0 aliphatic heterocycles. The van der Waals surface area contributed by atoms with Gasteiger partial charge in [0.25, 0.3) is 5.91 Å². The van der Waals surface area contributed by atoms with Gasteiger partial charge in [-0.15, -0.1) is 0 Å². The van der Waals surface area contributed by atoms with E-state index in [0.29, 0.717) is 30.2 Å². The maximum Gasteiger partial charge on any atom is 0.267 e. The second-order valence-electron chi connectivity index (χ2n) is 5.48. The zero-order valence-electron chi connectivity index (χ0n) is 13.5. The van der Waals surface area contributed by atoms with Gasteiger partial charge >= 0.3 is 0 Å². The SMILES string of the molecule is CCOc1cc(CNC(=O)c2cc3c(C)cc(F)cc3[nH]2)ccn1. The molecule has 24 heavy (non-hydrogen) atoms. The van der Waals surface area contributed by atoms with Crippen LogP contribution in [0, 0.1) is 12.7 Å². The average molecular weight is 327 g/mol. The maximum absolute atomic E-state index is 13.4. The molecule has 0 unspecified atom stereocenters. The number of H-pyrrole nitrogens is 1. The Balaban J connectivity index is 1.73. The molecule has 0 spiro atoms. The Morgan fingerprint density at radius 2 is 2.17 bits per heavy atom. The van der Waals surface area contributed by atoms with E-state index < -0.39 is 0 Å². The summed E-state index contributed by atoms with van der Waals surface area (Å²) in [5.74, 6) is -0.0456. The molecule has 3 rings (SSSR count). The van der Waals surface area contributed by atoms with Crippen LogP contribution in [0.25, 0.3) is 10.9 Å². The van der Waals surface area contributed by atoms with Gasteiger partial charge in [0.1, 0.15) is 11.5 Å². The number of pyridine rings is 1. The van der Waals surface area contributed by atoms with E-state index in [9.17, 15) is 9.18 Å². The molecule has 0 bridgehead atoms. The molecule has 6 heteroatoms. The van der Waals surface area contributed by atoms with E-state index in [-0.39, 0.29) is 11.7 Å². The standard InChI is InChI=1S/C18H18FN3O2/c1-3-24-17-7-12(4-5-20-17)10-21-18(23)16-9-14-11(2)6-13(19)8-15(14)22-16/h4-9,22H,3,10H2,1-2H3,(H,21,23). The van der Waals surface area contributed by atoms with Crippen molar-refractivity contribution < 1.29 is 13.9 Å². The number of carbonyl (C=O) groups is 1. The molecular weight excluding hydrogens is 309 g/mol. The molecule has 0 fully saturated rings. The van der Waals surface area contributed by atoms with Crippen molar-refractivity contribution in [3.63, 3.8) is 0 Å². The van der Waals surface area contributed by atoms with Gasteiger partial charge in [0, 0.05) is 29.7 Å². The first-order valence-electron chi connectivity index (χ1n) is 7.71. The number of carbonyl (C=O) groups excluding carboxylic acids is 1. The van der Waals surface area contributed by atoms with Crippen LogP contribution < -0.4 is 10.1 Å². The Kier molecular flexibility index (Phi) is 4.46. The summed E-state index contributed by atoms with van der Waals surface area (Å²) in [6.45, 7) is 4.59. The van der Waals surface area contributed by atoms with Crippen molar-refractivity contribution in [1.82, 2.24) is 15.3 Å². The normalized spacial score (nSPS) is 10.8. The van der Waals surface area contributed by atoms with Crippen molar-refractivity contribution in [2.45, 2.75) is 20.4 Å². The quantitative estimate of drug-likeness (QED) is 0.755. The number of aromatic amines is 1. The summed E-state index contributed by atoms with van der Waals surface area (Å²) in [7, 11) is 0. The topological polar surface area (TPSA) is 67.0 Å². The third-order valence-electron chi connectivity index (χ3n) is 3.70. The highest BCUT2D eigenvalue weighted by Gasteiger charge is 2.11. The molecule has 0 aliphatic carbocycles. The number of nitrogens with one attached hydrogen (secondary N) is 2. The highest BCUT2D eigenvalue weighted by atomic mass is 19.1. The Morgan fingerprint density at radius 1 is 1.33 bits per heavy atom. The largest absolute Gasteiger partial charge is 0.478 e. The second kappa shape index (κ2) is 6.70. The molecule has 0 saturated carbocycles. The summed E-state index contributed by atoms with van der Waals surface area (Å²) < 4.78 is 18.8.